The fraction of sp³-hybridized carbons (Fsp3) is 1.00. The van der Waals surface area contributed by atoms with Gasteiger partial charge in [-0.05, 0) is 12.8 Å². The molecule has 0 bridgehead atoms. The maximum absolute atomic E-state index is 5.52. The lowest BCUT2D eigenvalue weighted by Crippen LogP contribution is -2.24. The lowest BCUT2D eigenvalue weighted by atomic mass is 10.3. The highest BCUT2D eigenvalue weighted by molar-refractivity contribution is 4.54. The third kappa shape index (κ3) is 14.0. The molecule has 0 spiro atoms. The zero-order chi connectivity index (χ0) is 14.2. The second kappa shape index (κ2) is 15.9. The van der Waals surface area contributed by atoms with E-state index in [9.17, 15) is 0 Å². The Kier molecular flexibility index (Phi) is 15.7. The molecule has 0 radical (unpaired) electrons. The van der Waals surface area contributed by atoms with Crippen molar-refractivity contribution in [1.29, 1.82) is 0 Å². The number of unbranched alkanes of at least 4 members (excludes halogenated alkanes) is 1. The molecule has 0 saturated heterocycles. The van der Waals surface area contributed by atoms with Crippen molar-refractivity contribution >= 4 is 0 Å². The van der Waals surface area contributed by atoms with Crippen molar-refractivity contribution in [1.82, 2.24) is 0 Å². The summed E-state index contributed by atoms with van der Waals surface area (Å²) in [6.45, 7) is 9.29. The van der Waals surface area contributed by atoms with E-state index in [0.29, 0.717) is 46.2 Å². The van der Waals surface area contributed by atoms with Crippen molar-refractivity contribution in [2.75, 3.05) is 52.8 Å². The number of nitrogens with two attached hydrogens (primary N) is 1. The molecule has 0 fully saturated rings. The standard InChI is InChI=1S/C14H31NO4/c1-3-5-6-16-7-8-17-9-10-18-11-12-19-14(4-2)13-15/h14H,3-13,15H2,1-2H3. The summed E-state index contributed by atoms with van der Waals surface area (Å²) in [5, 5.41) is 0. The molecule has 1 unspecified atom stereocenters. The number of rotatable bonds is 15. The molecule has 0 amide bonds. The third-order valence-electron chi connectivity index (χ3n) is 2.69. The van der Waals surface area contributed by atoms with Crippen molar-refractivity contribution in [2.24, 2.45) is 5.73 Å². The van der Waals surface area contributed by atoms with Gasteiger partial charge in [0.2, 0.25) is 0 Å². The topological polar surface area (TPSA) is 62.9 Å². The Labute approximate surface area is 117 Å². The van der Waals surface area contributed by atoms with Gasteiger partial charge in [0, 0.05) is 13.2 Å². The zero-order valence-corrected chi connectivity index (χ0v) is 12.6. The number of hydrogen-bond donors (Lipinski definition) is 1. The zero-order valence-electron chi connectivity index (χ0n) is 12.6. The highest BCUT2D eigenvalue weighted by atomic mass is 16.6. The molecular weight excluding hydrogens is 246 g/mol. The van der Waals surface area contributed by atoms with Crippen LogP contribution in [0.3, 0.4) is 0 Å². The smallest absolute Gasteiger partial charge is 0.0704 e. The van der Waals surface area contributed by atoms with E-state index in [2.05, 4.69) is 13.8 Å². The maximum atomic E-state index is 5.52. The molecule has 0 aromatic carbocycles. The molecule has 0 heterocycles. The van der Waals surface area contributed by atoms with E-state index in [1.165, 1.54) is 6.42 Å². The number of hydrogen-bond acceptors (Lipinski definition) is 5. The van der Waals surface area contributed by atoms with E-state index in [1.807, 2.05) is 0 Å². The largest absolute Gasteiger partial charge is 0.379 e. The second-order valence-electron chi connectivity index (χ2n) is 4.33. The van der Waals surface area contributed by atoms with Crippen molar-refractivity contribution in [2.45, 2.75) is 39.2 Å². The molecule has 116 valence electrons. The lowest BCUT2D eigenvalue weighted by molar-refractivity contribution is -0.0175. The summed E-state index contributed by atoms with van der Waals surface area (Å²) in [7, 11) is 0. The van der Waals surface area contributed by atoms with Gasteiger partial charge in [-0.15, -0.1) is 0 Å². The Morgan fingerprint density at radius 2 is 1.32 bits per heavy atom. The molecule has 5 nitrogen and oxygen atoms in total. The van der Waals surface area contributed by atoms with Gasteiger partial charge in [-0.3, -0.25) is 0 Å². The van der Waals surface area contributed by atoms with Gasteiger partial charge in [-0.1, -0.05) is 20.3 Å². The van der Waals surface area contributed by atoms with Gasteiger partial charge in [0.25, 0.3) is 0 Å². The summed E-state index contributed by atoms with van der Waals surface area (Å²) in [5.41, 5.74) is 5.52. The molecule has 0 aliphatic heterocycles. The highest BCUT2D eigenvalue weighted by Crippen LogP contribution is 1.94. The Balaban J connectivity index is 3.02. The first-order valence-electron chi connectivity index (χ1n) is 7.40. The summed E-state index contributed by atoms with van der Waals surface area (Å²) < 4.78 is 21.6. The van der Waals surface area contributed by atoms with Crippen LogP contribution in [-0.2, 0) is 18.9 Å². The fourth-order valence-corrected chi connectivity index (χ4v) is 1.41. The van der Waals surface area contributed by atoms with Crippen LogP contribution in [0.4, 0.5) is 0 Å². The first kappa shape index (κ1) is 18.8. The maximum Gasteiger partial charge on any atom is 0.0704 e. The van der Waals surface area contributed by atoms with Crippen LogP contribution in [0, 0.1) is 0 Å². The van der Waals surface area contributed by atoms with Crippen LogP contribution in [0.2, 0.25) is 0 Å². The minimum absolute atomic E-state index is 0.153. The molecule has 5 heteroatoms. The second-order valence-corrected chi connectivity index (χ2v) is 4.33. The molecule has 0 aliphatic carbocycles. The van der Waals surface area contributed by atoms with Gasteiger partial charge in [0.05, 0.1) is 45.7 Å². The van der Waals surface area contributed by atoms with Crippen LogP contribution < -0.4 is 5.73 Å². The quantitative estimate of drug-likeness (QED) is 0.461. The van der Waals surface area contributed by atoms with Gasteiger partial charge in [0.1, 0.15) is 0 Å². The average Bonchev–Trinajstić information content (AvgIpc) is 2.44. The Morgan fingerprint density at radius 1 is 0.789 bits per heavy atom. The van der Waals surface area contributed by atoms with E-state index in [4.69, 9.17) is 24.7 Å². The molecule has 0 saturated carbocycles. The van der Waals surface area contributed by atoms with Gasteiger partial charge in [0.15, 0.2) is 0 Å². The van der Waals surface area contributed by atoms with E-state index in [1.54, 1.807) is 0 Å². The molecule has 0 aromatic heterocycles. The lowest BCUT2D eigenvalue weighted by Gasteiger charge is -2.13. The van der Waals surface area contributed by atoms with Crippen molar-refractivity contribution in [3.63, 3.8) is 0 Å². The predicted octanol–water partition coefficient (Wildman–Crippen LogP) is 1.59. The normalized spacial score (nSPS) is 12.8. The van der Waals surface area contributed by atoms with Gasteiger partial charge >= 0.3 is 0 Å². The van der Waals surface area contributed by atoms with Crippen LogP contribution >= 0.6 is 0 Å². The Bertz CT molecular complexity index is 166. The summed E-state index contributed by atoms with van der Waals surface area (Å²) in [6, 6.07) is 0. The van der Waals surface area contributed by atoms with Crippen LogP contribution in [0.1, 0.15) is 33.1 Å². The predicted molar refractivity (Wildman–Crippen MR) is 76.5 cm³/mol. The summed E-state index contributed by atoms with van der Waals surface area (Å²) in [5.74, 6) is 0. The summed E-state index contributed by atoms with van der Waals surface area (Å²) in [4.78, 5) is 0. The average molecular weight is 277 g/mol. The molecule has 0 aromatic rings. The highest BCUT2D eigenvalue weighted by Gasteiger charge is 2.02. The third-order valence-corrected chi connectivity index (χ3v) is 2.69. The first-order chi connectivity index (χ1) is 9.35. The summed E-state index contributed by atoms with van der Waals surface area (Å²) in [6.07, 6.45) is 3.38. The molecule has 2 N–H and O–H groups in total. The Hall–Kier alpha value is -0.200. The van der Waals surface area contributed by atoms with Crippen molar-refractivity contribution < 1.29 is 18.9 Å². The first-order valence-corrected chi connectivity index (χ1v) is 7.40. The van der Waals surface area contributed by atoms with E-state index in [-0.39, 0.29) is 6.10 Å². The van der Waals surface area contributed by atoms with E-state index >= 15 is 0 Å². The molecule has 19 heavy (non-hydrogen) atoms. The van der Waals surface area contributed by atoms with E-state index < -0.39 is 0 Å². The fourth-order valence-electron chi connectivity index (χ4n) is 1.41. The minimum Gasteiger partial charge on any atom is -0.379 e. The number of ether oxygens (including phenoxy) is 4. The van der Waals surface area contributed by atoms with Crippen LogP contribution in [0.15, 0.2) is 0 Å². The van der Waals surface area contributed by atoms with Crippen LogP contribution in [0.5, 0.6) is 0 Å². The van der Waals surface area contributed by atoms with E-state index in [0.717, 1.165) is 19.4 Å². The summed E-state index contributed by atoms with van der Waals surface area (Å²) >= 11 is 0. The Morgan fingerprint density at radius 3 is 1.79 bits per heavy atom. The van der Waals surface area contributed by atoms with Crippen LogP contribution in [0.25, 0.3) is 0 Å². The monoisotopic (exact) mass is 277 g/mol. The van der Waals surface area contributed by atoms with Gasteiger partial charge in [-0.2, -0.15) is 0 Å². The molecule has 0 aliphatic rings. The molecular formula is C14H31NO4. The molecule has 0 rings (SSSR count). The van der Waals surface area contributed by atoms with Gasteiger partial charge < -0.3 is 24.7 Å². The minimum atomic E-state index is 0.153. The van der Waals surface area contributed by atoms with Gasteiger partial charge in [-0.25, -0.2) is 0 Å². The van der Waals surface area contributed by atoms with Crippen molar-refractivity contribution in [3.05, 3.63) is 0 Å². The van der Waals surface area contributed by atoms with Crippen molar-refractivity contribution in [3.8, 4) is 0 Å². The SMILES string of the molecule is CCCCOCCOCCOCCOC(CC)CN. The molecule has 1 atom stereocenters. The van der Waals surface area contributed by atoms with Crippen LogP contribution in [-0.4, -0.2) is 58.9 Å².